The summed E-state index contributed by atoms with van der Waals surface area (Å²) < 4.78 is 40.3. The summed E-state index contributed by atoms with van der Waals surface area (Å²) in [5, 5.41) is 3.31. The molecular formula is C16H14F3NO. The maximum atomic E-state index is 12.1. The molecule has 3 rings (SSSR count). The normalized spacial score (nSPS) is 14.6. The van der Waals surface area contributed by atoms with Crippen LogP contribution < -0.4 is 10.1 Å². The number of fused-ring (bicyclic) bond motifs is 1. The van der Waals surface area contributed by atoms with E-state index in [9.17, 15) is 13.2 Å². The van der Waals surface area contributed by atoms with Gasteiger partial charge in [0.25, 0.3) is 0 Å². The SMILES string of the molecule is FC(F)(F)Oc1ccc(-c2ccc3c(c2)CCNC3)cc1. The summed E-state index contributed by atoms with van der Waals surface area (Å²) >= 11 is 0. The molecule has 1 aliphatic rings. The highest BCUT2D eigenvalue weighted by Crippen LogP contribution is 2.28. The number of nitrogens with one attached hydrogen (secondary N) is 1. The van der Waals surface area contributed by atoms with Gasteiger partial charge in [-0.2, -0.15) is 0 Å². The molecule has 0 unspecified atom stereocenters. The Bertz CT molecular complexity index is 635. The first-order valence-electron chi connectivity index (χ1n) is 6.70. The van der Waals surface area contributed by atoms with Gasteiger partial charge in [0.15, 0.2) is 0 Å². The lowest BCUT2D eigenvalue weighted by Gasteiger charge is -2.18. The highest BCUT2D eigenvalue weighted by atomic mass is 19.4. The minimum Gasteiger partial charge on any atom is -0.406 e. The van der Waals surface area contributed by atoms with Crippen molar-refractivity contribution in [3.8, 4) is 16.9 Å². The third kappa shape index (κ3) is 3.36. The lowest BCUT2D eigenvalue weighted by atomic mass is 9.95. The maximum Gasteiger partial charge on any atom is 0.573 e. The molecule has 0 fully saturated rings. The second kappa shape index (κ2) is 5.41. The number of rotatable bonds is 2. The predicted octanol–water partition coefficient (Wildman–Crippen LogP) is 3.90. The van der Waals surface area contributed by atoms with E-state index in [1.807, 2.05) is 6.07 Å². The molecular weight excluding hydrogens is 279 g/mol. The molecule has 1 heterocycles. The van der Waals surface area contributed by atoms with Crippen molar-refractivity contribution in [3.05, 3.63) is 53.6 Å². The van der Waals surface area contributed by atoms with Gasteiger partial charge in [0, 0.05) is 6.54 Å². The van der Waals surface area contributed by atoms with Crippen molar-refractivity contribution in [2.75, 3.05) is 6.54 Å². The topological polar surface area (TPSA) is 21.3 Å². The van der Waals surface area contributed by atoms with Gasteiger partial charge in [-0.25, -0.2) is 0 Å². The van der Waals surface area contributed by atoms with Gasteiger partial charge in [-0.15, -0.1) is 13.2 Å². The third-order valence-corrected chi connectivity index (χ3v) is 3.51. The van der Waals surface area contributed by atoms with Crippen LogP contribution in [0.15, 0.2) is 42.5 Å². The van der Waals surface area contributed by atoms with E-state index in [4.69, 9.17) is 0 Å². The minimum atomic E-state index is -4.65. The number of benzene rings is 2. The minimum absolute atomic E-state index is 0.201. The van der Waals surface area contributed by atoms with E-state index in [-0.39, 0.29) is 5.75 Å². The second-order valence-electron chi connectivity index (χ2n) is 4.98. The molecule has 0 bridgehead atoms. The smallest absolute Gasteiger partial charge is 0.406 e. The third-order valence-electron chi connectivity index (χ3n) is 3.51. The highest BCUT2D eigenvalue weighted by molar-refractivity contribution is 5.65. The lowest BCUT2D eigenvalue weighted by Crippen LogP contribution is -2.23. The molecule has 2 aromatic carbocycles. The van der Waals surface area contributed by atoms with Crippen LogP contribution in [0.5, 0.6) is 5.75 Å². The molecule has 5 heteroatoms. The summed E-state index contributed by atoms with van der Waals surface area (Å²) in [6.07, 6.45) is -3.68. The molecule has 0 saturated carbocycles. The molecule has 21 heavy (non-hydrogen) atoms. The van der Waals surface area contributed by atoms with Crippen LogP contribution in [0.4, 0.5) is 13.2 Å². The Balaban J connectivity index is 1.84. The van der Waals surface area contributed by atoms with Crippen LogP contribution in [-0.2, 0) is 13.0 Å². The van der Waals surface area contributed by atoms with Gasteiger partial charge < -0.3 is 10.1 Å². The Labute approximate surface area is 120 Å². The zero-order chi connectivity index (χ0) is 14.9. The van der Waals surface area contributed by atoms with Crippen molar-refractivity contribution >= 4 is 0 Å². The average molecular weight is 293 g/mol. The van der Waals surface area contributed by atoms with Crippen molar-refractivity contribution in [2.45, 2.75) is 19.3 Å². The van der Waals surface area contributed by atoms with Crippen LogP contribution in [0.1, 0.15) is 11.1 Å². The van der Waals surface area contributed by atoms with Crippen molar-refractivity contribution in [1.82, 2.24) is 5.32 Å². The van der Waals surface area contributed by atoms with Crippen LogP contribution in [-0.4, -0.2) is 12.9 Å². The summed E-state index contributed by atoms with van der Waals surface area (Å²) in [5.41, 5.74) is 4.46. The van der Waals surface area contributed by atoms with E-state index in [0.29, 0.717) is 0 Å². The predicted molar refractivity (Wildman–Crippen MR) is 74.0 cm³/mol. The largest absolute Gasteiger partial charge is 0.573 e. The van der Waals surface area contributed by atoms with Crippen LogP contribution >= 0.6 is 0 Å². The number of halogens is 3. The standard InChI is InChI=1S/C16H14F3NO/c17-16(18,19)21-15-5-3-11(4-6-15)12-1-2-14-10-20-8-7-13(14)9-12/h1-6,9,20H,7-8,10H2. The van der Waals surface area contributed by atoms with Gasteiger partial charge in [-0.3, -0.25) is 0 Å². The quantitative estimate of drug-likeness (QED) is 0.906. The zero-order valence-electron chi connectivity index (χ0n) is 11.2. The first-order chi connectivity index (χ1) is 10.0. The molecule has 0 amide bonds. The van der Waals surface area contributed by atoms with Crippen LogP contribution in [0.2, 0.25) is 0 Å². The summed E-state index contributed by atoms with van der Waals surface area (Å²) in [6, 6.07) is 12.1. The van der Waals surface area contributed by atoms with E-state index >= 15 is 0 Å². The van der Waals surface area contributed by atoms with E-state index in [0.717, 1.165) is 30.6 Å². The Morgan fingerprint density at radius 2 is 1.62 bits per heavy atom. The van der Waals surface area contributed by atoms with Crippen molar-refractivity contribution in [1.29, 1.82) is 0 Å². The fourth-order valence-corrected chi connectivity index (χ4v) is 2.51. The summed E-state index contributed by atoms with van der Waals surface area (Å²) in [7, 11) is 0. The average Bonchev–Trinajstić information content (AvgIpc) is 2.46. The van der Waals surface area contributed by atoms with Crippen LogP contribution in [0.3, 0.4) is 0 Å². The number of alkyl halides is 3. The Morgan fingerprint density at radius 3 is 2.33 bits per heavy atom. The van der Waals surface area contributed by atoms with Crippen LogP contribution in [0.25, 0.3) is 11.1 Å². The molecule has 0 saturated heterocycles. The lowest BCUT2D eigenvalue weighted by molar-refractivity contribution is -0.274. The fourth-order valence-electron chi connectivity index (χ4n) is 2.51. The van der Waals surface area contributed by atoms with Gasteiger partial charge in [0.2, 0.25) is 0 Å². The van der Waals surface area contributed by atoms with Crippen molar-refractivity contribution in [2.24, 2.45) is 0 Å². The van der Waals surface area contributed by atoms with Gasteiger partial charge >= 0.3 is 6.36 Å². The molecule has 2 aromatic rings. The summed E-state index contributed by atoms with van der Waals surface area (Å²) in [4.78, 5) is 0. The molecule has 0 spiro atoms. The van der Waals surface area contributed by atoms with E-state index in [1.54, 1.807) is 12.1 Å². The Morgan fingerprint density at radius 1 is 0.905 bits per heavy atom. The van der Waals surface area contributed by atoms with Gasteiger partial charge in [-0.1, -0.05) is 30.3 Å². The molecule has 1 aliphatic heterocycles. The van der Waals surface area contributed by atoms with Crippen molar-refractivity contribution < 1.29 is 17.9 Å². The number of hydrogen-bond donors (Lipinski definition) is 1. The van der Waals surface area contributed by atoms with Gasteiger partial charge in [0.1, 0.15) is 5.75 Å². The Kier molecular flexibility index (Phi) is 3.59. The molecule has 0 radical (unpaired) electrons. The van der Waals surface area contributed by atoms with E-state index in [1.165, 1.54) is 23.3 Å². The molecule has 0 aromatic heterocycles. The monoisotopic (exact) mass is 293 g/mol. The first kappa shape index (κ1) is 13.9. The molecule has 0 atom stereocenters. The van der Waals surface area contributed by atoms with Gasteiger partial charge in [-0.05, 0) is 47.4 Å². The summed E-state index contributed by atoms with van der Waals surface area (Å²) in [5.74, 6) is -0.201. The maximum absolute atomic E-state index is 12.1. The highest BCUT2D eigenvalue weighted by Gasteiger charge is 2.30. The molecule has 0 aliphatic carbocycles. The fraction of sp³-hybridized carbons (Fsp3) is 0.250. The van der Waals surface area contributed by atoms with E-state index < -0.39 is 6.36 Å². The molecule has 110 valence electrons. The number of ether oxygens (including phenoxy) is 1. The zero-order valence-corrected chi connectivity index (χ0v) is 11.2. The summed E-state index contributed by atoms with van der Waals surface area (Å²) in [6.45, 7) is 1.82. The van der Waals surface area contributed by atoms with Crippen molar-refractivity contribution in [3.63, 3.8) is 0 Å². The van der Waals surface area contributed by atoms with Crippen LogP contribution in [0, 0.1) is 0 Å². The first-order valence-corrected chi connectivity index (χ1v) is 6.70. The second-order valence-corrected chi connectivity index (χ2v) is 4.98. The van der Waals surface area contributed by atoms with Gasteiger partial charge in [0.05, 0.1) is 0 Å². The van der Waals surface area contributed by atoms with E-state index in [2.05, 4.69) is 22.2 Å². The molecule has 2 nitrogen and oxygen atoms in total. The molecule has 1 N–H and O–H groups in total. The Hall–Kier alpha value is -2.01. The number of hydrogen-bond acceptors (Lipinski definition) is 2.